The molecule has 0 saturated heterocycles. The Hall–Kier alpha value is -2.44. The summed E-state index contributed by atoms with van der Waals surface area (Å²) in [4.78, 5) is 38.6. The van der Waals surface area contributed by atoms with E-state index in [0.717, 1.165) is 0 Å². The molecule has 1 rings (SSSR count). The highest BCUT2D eigenvalue weighted by Crippen LogP contribution is 2.05. The Kier molecular flexibility index (Phi) is 4.99. The van der Waals surface area contributed by atoms with E-state index in [-0.39, 0.29) is 30.1 Å². The van der Waals surface area contributed by atoms with E-state index in [0.29, 0.717) is 6.54 Å². The molecule has 1 aromatic heterocycles. The third kappa shape index (κ3) is 4.06. The van der Waals surface area contributed by atoms with Gasteiger partial charge < -0.3 is 15.7 Å². The number of rotatable bonds is 6. The van der Waals surface area contributed by atoms with E-state index >= 15 is 0 Å². The maximum atomic E-state index is 12.0. The molecular weight excluding hydrogens is 250 g/mol. The van der Waals surface area contributed by atoms with Crippen LogP contribution in [0, 0.1) is 0 Å². The Morgan fingerprint density at radius 2 is 2.05 bits per heavy atom. The number of hydrogen-bond acceptors (Lipinski definition) is 4. The summed E-state index contributed by atoms with van der Waals surface area (Å²) in [7, 11) is 0. The predicted octanol–water partition coefficient (Wildman–Crippen LogP) is 0.117. The molecule has 0 aliphatic carbocycles. The SMILES string of the molecule is CCN(CCC(=O)O)C(=O)c1ccc(C(N)=O)cn1. The van der Waals surface area contributed by atoms with Crippen LogP contribution in [0.4, 0.5) is 0 Å². The molecule has 0 unspecified atom stereocenters. The number of aromatic nitrogens is 1. The van der Waals surface area contributed by atoms with Crippen LogP contribution in [0.3, 0.4) is 0 Å². The van der Waals surface area contributed by atoms with Gasteiger partial charge in [-0.3, -0.25) is 19.4 Å². The van der Waals surface area contributed by atoms with E-state index in [1.807, 2.05) is 0 Å². The highest BCUT2D eigenvalue weighted by Gasteiger charge is 2.16. The summed E-state index contributed by atoms with van der Waals surface area (Å²) in [5, 5.41) is 8.60. The third-order valence-electron chi connectivity index (χ3n) is 2.53. The summed E-state index contributed by atoms with van der Waals surface area (Å²) in [6, 6.07) is 2.81. The third-order valence-corrected chi connectivity index (χ3v) is 2.53. The lowest BCUT2D eigenvalue weighted by atomic mass is 10.2. The smallest absolute Gasteiger partial charge is 0.305 e. The number of carboxylic acid groups (broad SMARTS) is 1. The first kappa shape index (κ1) is 14.6. The summed E-state index contributed by atoms with van der Waals surface area (Å²) in [6.07, 6.45) is 1.10. The molecule has 0 atom stereocenters. The number of carbonyl (C=O) groups excluding carboxylic acids is 2. The zero-order chi connectivity index (χ0) is 14.4. The minimum absolute atomic E-state index is 0.115. The Morgan fingerprint density at radius 1 is 1.37 bits per heavy atom. The zero-order valence-corrected chi connectivity index (χ0v) is 10.5. The topological polar surface area (TPSA) is 114 Å². The van der Waals surface area contributed by atoms with E-state index in [2.05, 4.69) is 4.98 Å². The van der Waals surface area contributed by atoms with Crippen molar-refractivity contribution in [3.63, 3.8) is 0 Å². The van der Waals surface area contributed by atoms with Crippen molar-refractivity contribution in [2.24, 2.45) is 5.73 Å². The van der Waals surface area contributed by atoms with Crippen molar-refractivity contribution in [3.8, 4) is 0 Å². The van der Waals surface area contributed by atoms with Crippen LogP contribution in [0.1, 0.15) is 34.2 Å². The van der Waals surface area contributed by atoms with Crippen molar-refractivity contribution >= 4 is 17.8 Å². The van der Waals surface area contributed by atoms with Crippen LogP contribution in [0.15, 0.2) is 18.3 Å². The first-order valence-electron chi connectivity index (χ1n) is 5.72. The van der Waals surface area contributed by atoms with Crippen LogP contribution in [0.25, 0.3) is 0 Å². The summed E-state index contributed by atoms with van der Waals surface area (Å²) < 4.78 is 0. The van der Waals surface area contributed by atoms with Crippen molar-refractivity contribution in [3.05, 3.63) is 29.6 Å². The molecule has 0 aliphatic heterocycles. The normalized spacial score (nSPS) is 9.95. The van der Waals surface area contributed by atoms with E-state index < -0.39 is 11.9 Å². The fourth-order valence-corrected chi connectivity index (χ4v) is 1.46. The minimum atomic E-state index is -0.969. The largest absolute Gasteiger partial charge is 0.481 e. The molecule has 2 amide bonds. The van der Waals surface area contributed by atoms with Crippen LogP contribution >= 0.6 is 0 Å². The zero-order valence-electron chi connectivity index (χ0n) is 10.5. The Balaban J connectivity index is 2.79. The molecule has 19 heavy (non-hydrogen) atoms. The molecule has 0 aromatic carbocycles. The van der Waals surface area contributed by atoms with Gasteiger partial charge in [0, 0.05) is 19.3 Å². The molecule has 1 heterocycles. The second-order valence-electron chi connectivity index (χ2n) is 3.82. The second kappa shape index (κ2) is 6.48. The Morgan fingerprint density at radius 3 is 2.47 bits per heavy atom. The predicted molar refractivity (Wildman–Crippen MR) is 66.6 cm³/mol. The van der Waals surface area contributed by atoms with Crippen molar-refractivity contribution in [2.45, 2.75) is 13.3 Å². The number of amides is 2. The van der Waals surface area contributed by atoms with Gasteiger partial charge in [-0.2, -0.15) is 0 Å². The highest BCUT2D eigenvalue weighted by molar-refractivity contribution is 5.95. The minimum Gasteiger partial charge on any atom is -0.481 e. The molecule has 102 valence electrons. The van der Waals surface area contributed by atoms with Gasteiger partial charge in [-0.1, -0.05) is 0 Å². The van der Waals surface area contributed by atoms with Gasteiger partial charge in [-0.05, 0) is 19.1 Å². The number of nitrogens with two attached hydrogens (primary N) is 1. The number of primary amides is 1. The average molecular weight is 265 g/mol. The maximum absolute atomic E-state index is 12.0. The molecule has 0 fully saturated rings. The first-order valence-corrected chi connectivity index (χ1v) is 5.72. The number of aliphatic carboxylic acids is 1. The molecule has 0 saturated carbocycles. The van der Waals surface area contributed by atoms with Gasteiger partial charge in [0.25, 0.3) is 5.91 Å². The first-order chi connectivity index (χ1) is 8.95. The molecule has 0 bridgehead atoms. The molecular formula is C12H15N3O4. The molecule has 7 heteroatoms. The van der Waals surface area contributed by atoms with Crippen LogP contribution < -0.4 is 5.73 Å². The van der Waals surface area contributed by atoms with Gasteiger partial charge in [-0.15, -0.1) is 0 Å². The summed E-state index contributed by atoms with van der Waals surface area (Å²) >= 11 is 0. The average Bonchev–Trinajstić information content (AvgIpc) is 2.39. The van der Waals surface area contributed by atoms with E-state index in [1.165, 1.54) is 23.2 Å². The number of hydrogen-bond donors (Lipinski definition) is 2. The molecule has 0 radical (unpaired) electrons. The van der Waals surface area contributed by atoms with Gasteiger partial charge in [-0.25, -0.2) is 0 Å². The lowest BCUT2D eigenvalue weighted by Gasteiger charge is -2.19. The summed E-state index contributed by atoms with van der Waals surface area (Å²) in [6.45, 7) is 2.24. The van der Waals surface area contributed by atoms with Crippen molar-refractivity contribution < 1.29 is 19.5 Å². The summed E-state index contributed by atoms with van der Waals surface area (Å²) in [5.74, 6) is -1.97. The fourth-order valence-electron chi connectivity index (χ4n) is 1.46. The number of pyridine rings is 1. The molecule has 3 N–H and O–H groups in total. The van der Waals surface area contributed by atoms with Crippen LogP contribution in [-0.2, 0) is 4.79 Å². The molecule has 7 nitrogen and oxygen atoms in total. The van der Waals surface area contributed by atoms with Crippen LogP contribution in [0.5, 0.6) is 0 Å². The van der Waals surface area contributed by atoms with Crippen LogP contribution in [0.2, 0.25) is 0 Å². The van der Waals surface area contributed by atoms with Crippen LogP contribution in [-0.4, -0.2) is 45.9 Å². The van der Waals surface area contributed by atoms with Crippen molar-refractivity contribution in [2.75, 3.05) is 13.1 Å². The fraction of sp³-hybridized carbons (Fsp3) is 0.333. The highest BCUT2D eigenvalue weighted by atomic mass is 16.4. The molecule has 0 aliphatic rings. The quantitative estimate of drug-likeness (QED) is 0.758. The standard InChI is InChI=1S/C12H15N3O4/c1-2-15(6-5-10(16)17)12(19)9-4-3-8(7-14-9)11(13)18/h3-4,7H,2,5-6H2,1H3,(H2,13,18)(H,16,17). The van der Waals surface area contributed by atoms with Gasteiger partial charge in [0.15, 0.2) is 0 Å². The number of nitrogens with zero attached hydrogens (tertiary/aromatic N) is 2. The lowest BCUT2D eigenvalue weighted by Crippen LogP contribution is -2.33. The second-order valence-corrected chi connectivity index (χ2v) is 3.82. The van der Waals surface area contributed by atoms with Crippen molar-refractivity contribution in [1.29, 1.82) is 0 Å². The van der Waals surface area contributed by atoms with Gasteiger partial charge in [0.05, 0.1) is 12.0 Å². The summed E-state index contributed by atoms with van der Waals surface area (Å²) in [5.41, 5.74) is 5.43. The van der Waals surface area contributed by atoms with E-state index in [4.69, 9.17) is 10.8 Å². The lowest BCUT2D eigenvalue weighted by molar-refractivity contribution is -0.137. The van der Waals surface area contributed by atoms with E-state index in [1.54, 1.807) is 6.92 Å². The van der Waals surface area contributed by atoms with Gasteiger partial charge >= 0.3 is 5.97 Å². The van der Waals surface area contributed by atoms with Crippen molar-refractivity contribution in [1.82, 2.24) is 9.88 Å². The van der Waals surface area contributed by atoms with Gasteiger partial charge in [0.2, 0.25) is 5.91 Å². The van der Waals surface area contributed by atoms with E-state index in [9.17, 15) is 14.4 Å². The monoisotopic (exact) mass is 265 g/mol. The molecule has 1 aromatic rings. The number of carboxylic acids is 1. The Bertz CT molecular complexity index is 484. The molecule has 0 spiro atoms. The Labute approximate surface area is 110 Å². The van der Waals surface area contributed by atoms with Gasteiger partial charge in [0.1, 0.15) is 5.69 Å². The maximum Gasteiger partial charge on any atom is 0.305 e. The number of carbonyl (C=O) groups is 3.